The van der Waals surface area contributed by atoms with Crippen LogP contribution in [0.3, 0.4) is 0 Å². The third kappa shape index (κ3) is 5.42. The Morgan fingerprint density at radius 2 is 1.24 bits per heavy atom. The fraction of sp³-hybridized carbons (Fsp3) is 0.625. The van der Waals surface area contributed by atoms with E-state index in [2.05, 4.69) is 5.32 Å². The van der Waals surface area contributed by atoms with Crippen LogP contribution in [0.4, 0.5) is 22.0 Å². The lowest BCUT2D eigenvalue weighted by Crippen LogP contribution is -2.45. The highest BCUT2D eigenvalue weighted by molar-refractivity contribution is 5.85. The highest BCUT2D eigenvalue weighted by Gasteiger charge is 2.33. The van der Waals surface area contributed by atoms with Crippen molar-refractivity contribution in [2.75, 3.05) is 26.2 Å². The summed E-state index contributed by atoms with van der Waals surface area (Å²) in [7, 11) is 0. The molecule has 0 bridgehead atoms. The average molecular weight is 409 g/mol. The Kier molecular flexibility index (Phi) is 10.2. The third-order valence-corrected chi connectivity index (χ3v) is 4.19. The Morgan fingerprint density at radius 1 is 0.800 bits per heavy atom. The first-order valence-corrected chi connectivity index (χ1v) is 7.80. The summed E-state index contributed by atoms with van der Waals surface area (Å²) >= 11 is 0. The standard InChI is InChI=1S/C16H21F5N2.2ClH/c1-9(2)3-4-10(23-7-5-22-6-8-23)11-12(17)14(19)16(21)15(20)13(11)18;;/h9-10,22H,3-8H2,1-2H3;2*1H/t10-;;/m1../s1. The summed E-state index contributed by atoms with van der Waals surface area (Å²) in [6, 6.07) is -0.816. The molecule has 2 rings (SSSR count). The zero-order chi connectivity index (χ0) is 17.1. The van der Waals surface area contributed by atoms with Crippen LogP contribution in [0, 0.1) is 35.0 Å². The second kappa shape index (κ2) is 10.5. The van der Waals surface area contributed by atoms with Crippen molar-refractivity contribution in [3.8, 4) is 0 Å². The molecule has 0 saturated carbocycles. The van der Waals surface area contributed by atoms with Crippen molar-refractivity contribution in [1.82, 2.24) is 10.2 Å². The largest absolute Gasteiger partial charge is 0.314 e. The molecule has 1 N–H and O–H groups in total. The molecule has 1 aromatic rings. The second-order valence-electron chi connectivity index (χ2n) is 6.26. The van der Waals surface area contributed by atoms with Crippen LogP contribution in [0.25, 0.3) is 0 Å². The van der Waals surface area contributed by atoms with Crippen molar-refractivity contribution in [1.29, 1.82) is 0 Å². The van der Waals surface area contributed by atoms with Crippen molar-refractivity contribution in [2.45, 2.75) is 32.7 Å². The molecule has 1 heterocycles. The van der Waals surface area contributed by atoms with Gasteiger partial charge in [0.05, 0.1) is 0 Å². The smallest absolute Gasteiger partial charge is 0.200 e. The predicted molar refractivity (Wildman–Crippen MR) is 92.0 cm³/mol. The lowest BCUT2D eigenvalue weighted by molar-refractivity contribution is 0.150. The lowest BCUT2D eigenvalue weighted by Gasteiger charge is -2.36. The predicted octanol–water partition coefficient (Wildman–Crippen LogP) is 4.61. The molecule has 1 atom stereocenters. The SMILES string of the molecule is CC(C)CC[C@H](c1c(F)c(F)c(F)c(F)c1F)N1CCNCC1.Cl.Cl. The van der Waals surface area contributed by atoms with E-state index in [1.807, 2.05) is 13.8 Å². The van der Waals surface area contributed by atoms with E-state index in [0.717, 1.165) is 0 Å². The summed E-state index contributed by atoms with van der Waals surface area (Å²) in [6.07, 6.45) is 0.976. The third-order valence-electron chi connectivity index (χ3n) is 4.19. The normalized spacial score (nSPS) is 16.3. The number of nitrogens with one attached hydrogen (secondary N) is 1. The fourth-order valence-electron chi connectivity index (χ4n) is 2.91. The van der Waals surface area contributed by atoms with Gasteiger partial charge in [0, 0.05) is 37.8 Å². The van der Waals surface area contributed by atoms with Gasteiger partial charge in [-0.25, -0.2) is 22.0 Å². The highest BCUT2D eigenvalue weighted by atomic mass is 35.5. The van der Waals surface area contributed by atoms with Crippen LogP contribution in [0.2, 0.25) is 0 Å². The van der Waals surface area contributed by atoms with E-state index in [9.17, 15) is 22.0 Å². The average Bonchev–Trinajstić information content (AvgIpc) is 2.54. The molecule has 9 heteroatoms. The number of hydrogen-bond donors (Lipinski definition) is 1. The molecule has 2 nitrogen and oxygen atoms in total. The molecule has 1 fully saturated rings. The Morgan fingerprint density at radius 3 is 1.68 bits per heavy atom. The first kappa shape index (κ1) is 24.4. The maximum Gasteiger partial charge on any atom is 0.200 e. The van der Waals surface area contributed by atoms with E-state index in [4.69, 9.17) is 0 Å². The quantitative estimate of drug-likeness (QED) is 0.434. The fourth-order valence-corrected chi connectivity index (χ4v) is 2.91. The minimum Gasteiger partial charge on any atom is -0.314 e. The van der Waals surface area contributed by atoms with Gasteiger partial charge < -0.3 is 5.32 Å². The number of hydrogen-bond acceptors (Lipinski definition) is 2. The molecular formula is C16H23Cl2F5N2. The Bertz CT molecular complexity index is 537. The van der Waals surface area contributed by atoms with E-state index in [0.29, 0.717) is 39.0 Å². The topological polar surface area (TPSA) is 15.3 Å². The molecule has 1 aliphatic rings. The Balaban J connectivity index is 0.00000288. The van der Waals surface area contributed by atoms with Gasteiger partial charge in [0.15, 0.2) is 23.3 Å². The monoisotopic (exact) mass is 408 g/mol. The van der Waals surface area contributed by atoms with Gasteiger partial charge in [-0.1, -0.05) is 13.8 Å². The van der Waals surface area contributed by atoms with E-state index in [1.54, 1.807) is 4.90 Å². The molecule has 0 radical (unpaired) electrons. The van der Waals surface area contributed by atoms with Crippen LogP contribution in [-0.4, -0.2) is 31.1 Å². The van der Waals surface area contributed by atoms with Gasteiger partial charge in [-0.2, -0.15) is 0 Å². The summed E-state index contributed by atoms with van der Waals surface area (Å²) in [5.41, 5.74) is -0.705. The van der Waals surface area contributed by atoms with E-state index in [1.165, 1.54) is 0 Å². The van der Waals surface area contributed by atoms with Crippen molar-refractivity contribution < 1.29 is 22.0 Å². The molecule has 0 spiro atoms. The first-order valence-electron chi connectivity index (χ1n) is 7.80. The van der Waals surface area contributed by atoms with Crippen LogP contribution in [0.15, 0.2) is 0 Å². The molecule has 1 aromatic carbocycles. The Labute approximate surface area is 157 Å². The number of piperazine rings is 1. The second-order valence-corrected chi connectivity index (χ2v) is 6.26. The van der Waals surface area contributed by atoms with E-state index >= 15 is 0 Å². The maximum absolute atomic E-state index is 14.2. The molecule has 1 saturated heterocycles. The molecule has 0 amide bonds. The van der Waals surface area contributed by atoms with Gasteiger partial charge in [-0.15, -0.1) is 24.8 Å². The van der Waals surface area contributed by atoms with Crippen LogP contribution >= 0.6 is 24.8 Å². The molecule has 0 unspecified atom stereocenters. The number of benzene rings is 1. The lowest BCUT2D eigenvalue weighted by atomic mass is 9.94. The van der Waals surface area contributed by atoms with Crippen molar-refractivity contribution in [3.63, 3.8) is 0 Å². The highest BCUT2D eigenvalue weighted by Crippen LogP contribution is 2.34. The summed E-state index contributed by atoms with van der Waals surface area (Å²) < 4.78 is 68.7. The number of halogens is 7. The minimum absolute atomic E-state index is 0. The molecule has 0 aromatic heterocycles. The number of rotatable bonds is 5. The summed E-state index contributed by atoms with van der Waals surface area (Å²) in [4.78, 5) is 1.79. The zero-order valence-corrected chi connectivity index (χ0v) is 15.7. The summed E-state index contributed by atoms with van der Waals surface area (Å²) in [5.74, 6) is -9.01. The van der Waals surface area contributed by atoms with Gasteiger partial charge in [0.25, 0.3) is 0 Å². The summed E-state index contributed by atoms with van der Waals surface area (Å²) in [5, 5.41) is 3.11. The molecular weight excluding hydrogens is 386 g/mol. The molecule has 0 aliphatic carbocycles. The van der Waals surface area contributed by atoms with Gasteiger partial charge >= 0.3 is 0 Å². The van der Waals surface area contributed by atoms with Gasteiger partial charge in [0.2, 0.25) is 5.82 Å². The number of nitrogens with zero attached hydrogens (tertiary/aromatic N) is 1. The van der Waals surface area contributed by atoms with Crippen LogP contribution in [0.5, 0.6) is 0 Å². The molecule has 25 heavy (non-hydrogen) atoms. The van der Waals surface area contributed by atoms with E-state index < -0.39 is 40.7 Å². The zero-order valence-electron chi connectivity index (χ0n) is 14.1. The van der Waals surface area contributed by atoms with Gasteiger partial charge in [0.1, 0.15) is 0 Å². The van der Waals surface area contributed by atoms with Crippen LogP contribution < -0.4 is 5.32 Å². The van der Waals surface area contributed by atoms with Crippen LogP contribution in [-0.2, 0) is 0 Å². The Hall–Kier alpha value is -0.630. The summed E-state index contributed by atoms with van der Waals surface area (Å²) in [6.45, 7) is 6.15. The van der Waals surface area contributed by atoms with Crippen LogP contribution in [0.1, 0.15) is 38.3 Å². The molecule has 1 aliphatic heterocycles. The van der Waals surface area contributed by atoms with Crippen molar-refractivity contribution >= 4 is 24.8 Å². The first-order chi connectivity index (χ1) is 10.8. The molecule has 146 valence electrons. The maximum atomic E-state index is 14.2. The van der Waals surface area contributed by atoms with Crippen molar-refractivity contribution in [2.24, 2.45) is 5.92 Å². The van der Waals surface area contributed by atoms with Crippen molar-refractivity contribution in [3.05, 3.63) is 34.6 Å². The van der Waals surface area contributed by atoms with Gasteiger partial charge in [-0.05, 0) is 18.8 Å². The van der Waals surface area contributed by atoms with E-state index in [-0.39, 0.29) is 30.7 Å². The minimum atomic E-state index is -2.10. The van der Waals surface area contributed by atoms with Gasteiger partial charge in [-0.3, -0.25) is 4.90 Å².